The quantitative estimate of drug-likeness (QED) is 0.844. The van der Waals surface area contributed by atoms with Gasteiger partial charge in [0.05, 0.1) is 6.54 Å². The standard InChI is InChI=1S/C13H20N4O/c1-16(12-2-6-15-7-3-12)13(18)10-17-8-4-11(14)5-9-17/h2-3,6-7,11H,4-5,8-10,14H2,1H3. The molecule has 0 aromatic carbocycles. The lowest BCUT2D eigenvalue weighted by Crippen LogP contribution is -2.45. The van der Waals surface area contributed by atoms with E-state index in [9.17, 15) is 4.79 Å². The van der Waals surface area contributed by atoms with Crippen molar-refractivity contribution in [1.29, 1.82) is 0 Å². The van der Waals surface area contributed by atoms with E-state index < -0.39 is 0 Å². The van der Waals surface area contributed by atoms with Crippen molar-refractivity contribution >= 4 is 11.6 Å². The first-order valence-electron chi connectivity index (χ1n) is 6.31. The maximum absolute atomic E-state index is 12.1. The third-order valence-electron chi connectivity index (χ3n) is 3.42. The molecular formula is C13H20N4O. The summed E-state index contributed by atoms with van der Waals surface area (Å²) in [5.74, 6) is 0.108. The van der Waals surface area contributed by atoms with Crippen molar-refractivity contribution in [2.45, 2.75) is 18.9 Å². The molecule has 1 fully saturated rings. The molecule has 0 spiro atoms. The average Bonchev–Trinajstić information content (AvgIpc) is 2.41. The number of carbonyl (C=O) groups is 1. The Balaban J connectivity index is 1.88. The maximum atomic E-state index is 12.1. The molecule has 0 saturated carbocycles. The van der Waals surface area contributed by atoms with Gasteiger partial charge in [0.25, 0.3) is 0 Å². The minimum atomic E-state index is 0.108. The number of carbonyl (C=O) groups excluding carboxylic acids is 1. The van der Waals surface area contributed by atoms with E-state index in [0.29, 0.717) is 12.6 Å². The van der Waals surface area contributed by atoms with Crippen LogP contribution in [-0.4, -0.2) is 48.5 Å². The van der Waals surface area contributed by atoms with Gasteiger partial charge < -0.3 is 10.6 Å². The van der Waals surface area contributed by atoms with Crippen LogP contribution in [0.4, 0.5) is 5.69 Å². The Labute approximate surface area is 108 Å². The summed E-state index contributed by atoms with van der Waals surface area (Å²) >= 11 is 0. The summed E-state index contributed by atoms with van der Waals surface area (Å²) in [7, 11) is 1.80. The molecule has 0 unspecified atom stereocenters. The van der Waals surface area contributed by atoms with Crippen molar-refractivity contribution in [2.75, 3.05) is 31.6 Å². The number of nitrogens with zero attached hydrogens (tertiary/aromatic N) is 3. The van der Waals surface area contributed by atoms with Gasteiger partial charge in [0, 0.05) is 44.3 Å². The fourth-order valence-electron chi connectivity index (χ4n) is 2.12. The Bertz CT molecular complexity index is 387. The lowest BCUT2D eigenvalue weighted by Gasteiger charge is -2.30. The predicted octanol–water partition coefficient (Wildman–Crippen LogP) is 0.468. The Morgan fingerprint density at radius 2 is 2.06 bits per heavy atom. The van der Waals surface area contributed by atoms with Gasteiger partial charge in [-0.3, -0.25) is 14.7 Å². The summed E-state index contributed by atoms with van der Waals surface area (Å²) in [5, 5.41) is 0. The summed E-state index contributed by atoms with van der Waals surface area (Å²) < 4.78 is 0. The maximum Gasteiger partial charge on any atom is 0.240 e. The van der Waals surface area contributed by atoms with Crippen LogP contribution >= 0.6 is 0 Å². The zero-order valence-corrected chi connectivity index (χ0v) is 10.7. The number of hydrogen-bond acceptors (Lipinski definition) is 4. The summed E-state index contributed by atoms with van der Waals surface area (Å²) in [4.78, 5) is 19.9. The van der Waals surface area contributed by atoms with E-state index in [2.05, 4.69) is 9.88 Å². The van der Waals surface area contributed by atoms with Gasteiger partial charge in [0.15, 0.2) is 0 Å². The number of rotatable bonds is 3. The predicted molar refractivity (Wildman–Crippen MR) is 71.3 cm³/mol. The molecule has 2 rings (SSSR count). The average molecular weight is 248 g/mol. The molecule has 2 N–H and O–H groups in total. The van der Waals surface area contributed by atoms with Crippen LogP contribution in [0.1, 0.15) is 12.8 Å². The first-order chi connectivity index (χ1) is 8.66. The van der Waals surface area contributed by atoms with E-state index in [0.717, 1.165) is 31.6 Å². The normalized spacial score (nSPS) is 17.7. The highest BCUT2D eigenvalue weighted by Crippen LogP contribution is 2.12. The van der Waals surface area contributed by atoms with Gasteiger partial charge in [-0.25, -0.2) is 0 Å². The Morgan fingerprint density at radius 1 is 1.44 bits per heavy atom. The second kappa shape index (κ2) is 5.93. The second-order valence-corrected chi connectivity index (χ2v) is 4.77. The molecule has 1 amide bonds. The molecule has 1 aliphatic heterocycles. The van der Waals surface area contributed by atoms with Crippen LogP contribution in [0.5, 0.6) is 0 Å². The molecule has 18 heavy (non-hydrogen) atoms. The molecule has 0 atom stereocenters. The molecule has 98 valence electrons. The van der Waals surface area contributed by atoms with Crippen LogP contribution in [0.3, 0.4) is 0 Å². The second-order valence-electron chi connectivity index (χ2n) is 4.77. The van der Waals surface area contributed by atoms with Gasteiger partial charge in [-0.05, 0) is 25.0 Å². The van der Waals surface area contributed by atoms with Crippen LogP contribution in [0.15, 0.2) is 24.5 Å². The molecular weight excluding hydrogens is 228 g/mol. The Kier molecular flexibility index (Phi) is 4.28. The lowest BCUT2D eigenvalue weighted by molar-refractivity contribution is -0.119. The van der Waals surface area contributed by atoms with Crippen LogP contribution in [0.25, 0.3) is 0 Å². The number of piperidine rings is 1. The number of aromatic nitrogens is 1. The number of likely N-dealkylation sites (tertiary alicyclic amines) is 1. The van der Waals surface area contributed by atoms with Crippen molar-refractivity contribution in [3.05, 3.63) is 24.5 Å². The van der Waals surface area contributed by atoms with E-state index in [1.165, 1.54) is 0 Å². The molecule has 1 aliphatic rings. The number of hydrogen-bond donors (Lipinski definition) is 1. The van der Waals surface area contributed by atoms with Crippen molar-refractivity contribution in [3.63, 3.8) is 0 Å². The number of amides is 1. The molecule has 1 saturated heterocycles. The smallest absolute Gasteiger partial charge is 0.240 e. The SMILES string of the molecule is CN(C(=O)CN1CCC(N)CC1)c1ccncc1. The molecule has 0 radical (unpaired) electrons. The van der Waals surface area contributed by atoms with Crippen LogP contribution in [0, 0.1) is 0 Å². The molecule has 0 aliphatic carbocycles. The summed E-state index contributed by atoms with van der Waals surface area (Å²) in [6, 6.07) is 3.97. The highest BCUT2D eigenvalue weighted by atomic mass is 16.2. The van der Waals surface area contributed by atoms with Gasteiger partial charge >= 0.3 is 0 Å². The summed E-state index contributed by atoms with van der Waals surface area (Å²) in [6.07, 6.45) is 5.34. The van der Waals surface area contributed by atoms with E-state index in [1.54, 1.807) is 24.3 Å². The molecule has 1 aromatic heterocycles. The highest BCUT2D eigenvalue weighted by Gasteiger charge is 2.20. The van der Waals surface area contributed by atoms with E-state index in [4.69, 9.17) is 5.73 Å². The molecule has 1 aromatic rings. The van der Waals surface area contributed by atoms with Gasteiger partial charge in [0.2, 0.25) is 5.91 Å². The van der Waals surface area contributed by atoms with Crippen LogP contribution in [0.2, 0.25) is 0 Å². The lowest BCUT2D eigenvalue weighted by atomic mass is 10.1. The number of anilines is 1. The topological polar surface area (TPSA) is 62.5 Å². The van der Waals surface area contributed by atoms with Crippen LogP contribution in [-0.2, 0) is 4.79 Å². The number of likely N-dealkylation sites (N-methyl/N-ethyl adjacent to an activating group) is 1. The van der Waals surface area contributed by atoms with Crippen LogP contribution < -0.4 is 10.6 Å². The fraction of sp³-hybridized carbons (Fsp3) is 0.538. The number of nitrogens with two attached hydrogens (primary N) is 1. The Morgan fingerprint density at radius 3 is 2.67 bits per heavy atom. The van der Waals surface area contributed by atoms with Crippen molar-refractivity contribution in [3.8, 4) is 0 Å². The summed E-state index contributed by atoms with van der Waals surface area (Å²) in [5.41, 5.74) is 6.73. The zero-order valence-electron chi connectivity index (χ0n) is 10.7. The van der Waals surface area contributed by atoms with Gasteiger partial charge in [0.1, 0.15) is 0 Å². The van der Waals surface area contributed by atoms with Crippen molar-refractivity contribution in [1.82, 2.24) is 9.88 Å². The minimum absolute atomic E-state index is 0.108. The highest BCUT2D eigenvalue weighted by molar-refractivity contribution is 5.94. The first-order valence-corrected chi connectivity index (χ1v) is 6.31. The Hall–Kier alpha value is -1.46. The third-order valence-corrected chi connectivity index (χ3v) is 3.42. The molecule has 5 heteroatoms. The molecule has 5 nitrogen and oxygen atoms in total. The van der Waals surface area contributed by atoms with E-state index >= 15 is 0 Å². The van der Waals surface area contributed by atoms with Gasteiger partial charge in [-0.1, -0.05) is 0 Å². The first kappa shape index (κ1) is 13.0. The third kappa shape index (κ3) is 3.27. The summed E-state index contributed by atoms with van der Waals surface area (Å²) in [6.45, 7) is 2.29. The molecule has 0 bridgehead atoms. The minimum Gasteiger partial charge on any atom is -0.328 e. The van der Waals surface area contributed by atoms with E-state index in [-0.39, 0.29) is 5.91 Å². The van der Waals surface area contributed by atoms with Gasteiger partial charge in [-0.15, -0.1) is 0 Å². The monoisotopic (exact) mass is 248 g/mol. The largest absolute Gasteiger partial charge is 0.328 e. The number of pyridine rings is 1. The van der Waals surface area contributed by atoms with Gasteiger partial charge in [-0.2, -0.15) is 0 Å². The zero-order chi connectivity index (χ0) is 13.0. The fourth-order valence-corrected chi connectivity index (χ4v) is 2.12. The van der Waals surface area contributed by atoms with E-state index in [1.807, 2.05) is 12.1 Å². The van der Waals surface area contributed by atoms with Crippen molar-refractivity contribution < 1.29 is 4.79 Å². The molecule has 2 heterocycles. The van der Waals surface area contributed by atoms with Crippen molar-refractivity contribution in [2.24, 2.45) is 5.73 Å².